The number of carbonyl (C=O) groups is 1. The fourth-order valence-electron chi connectivity index (χ4n) is 2.25. The van der Waals surface area contributed by atoms with E-state index in [0.717, 1.165) is 11.1 Å². The molecule has 0 unspecified atom stereocenters. The lowest BCUT2D eigenvalue weighted by molar-refractivity contribution is -0.121. The number of nitrogens with zero attached hydrogens (tertiary/aromatic N) is 1. The van der Waals surface area contributed by atoms with Crippen LogP contribution in [0, 0.1) is 0 Å². The van der Waals surface area contributed by atoms with Gasteiger partial charge in [-0.3, -0.25) is 4.79 Å². The molecule has 1 aromatic heterocycles. The van der Waals surface area contributed by atoms with Crippen LogP contribution in [-0.4, -0.2) is 24.7 Å². The predicted molar refractivity (Wildman–Crippen MR) is 85.1 cm³/mol. The number of aromatic nitrogens is 1. The Bertz CT molecular complexity index is 635. The number of hydrogen-bond donors (Lipinski definition) is 1. The van der Waals surface area contributed by atoms with Crippen molar-refractivity contribution in [2.75, 3.05) is 14.2 Å². The summed E-state index contributed by atoms with van der Waals surface area (Å²) in [6.45, 7) is 0.561. The molecule has 1 heterocycles. The third kappa shape index (κ3) is 4.28. The maximum atomic E-state index is 11.9. The Morgan fingerprint density at radius 1 is 1.14 bits per heavy atom. The molecule has 5 nitrogen and oxygen atoms in total. The van der Waals surface area contributed by atoms with Crippen molar-refractivity contribution in [3.05, 3.63) is 47.8 Å². The van der Waals surface area contributed by atoms with Crippen LogP contribution in [0.15, 0.2) is 36.7 Å². The molecular formula is C17H22N2O3. The number of rotatable bonds is 7. The van der Waals surface area contributed by atoms with E-state index in [1.165, 1.54) is 0 Å². The van der Waals surface area contributed by atoms with Crippen LogP contribution in [0.4, 0.5) is 0 Å². The van der Waals surface area contributed by atoms with Crippen LogP contribution in [0.5, 0.6) is 11.5 Å². The molecule has 22 heavy (non-hydrogen) atoms. The Labute approximate surface area is 130 Å². The molecule has 0 saturated carbocycles. The van der Waals surface area contributed by atoms with E-state index < -0.39 is 0 Å². The van der Waals surface area contributed by atoms with Crippen molar-refractivity contribution in [3.8, 4) is 11.5 Å². The van der Waals surface area contributed by atoms with Crippen LogP contribution in [-0.2, 0) is 24.8 Å². The predicted octanol–water partition coefficient (Wildman–Crippen LogP) is 2.29. The van der Waals surface area contributed by atoms with Crippen molar-refractivity contribution >= 4 is 5.91 Å². The highest BCUT2D eigenvalue weighted by molar-refractivity contribution is 5.76. The summed E-state index contributed by atoms with van der Waals surface area (Å²) in [4.78, 5) is 11.9. The van der Waals surface area contributed by atoms with Crippen molar-refractivity contribution in [2.45, 2.75) is 19.4 Å². The smallest absolute Gasteiger partial charge is 0.220 e. The summed E-state index contributed by atoms with van der Waals surface area (Å²) in [5, 5.41) is 2.93. The average Bonchev–Trinajstić information content (AvgIpc) is 2.96. The number of benzene rings is 1. The van der Waals surface area contributed by atoms with Gasteiger partial charge >= 0.3 is 0 Å². The molecule has 0 radical (unpaired) electrons. The van der Waals surface area contributed by atoms with E-state index in [9.17, 15) is 4.79 Å². The number of hydrogen-bond acceptors (Lipinski definition) is 3. The highest BCUT2D eigenvalue weighted by atomic mass is 16.5. The second-order valence-electron chi connectivity index (χ2n) is 5.15. The van der Waals surface area contributed by atoms with Gasteiger partial charge in [-0.25, -0.2) is 0 Å². The third-order valence-corrected chi connectivity index (χ3v) is 3.47. The molecule has 0 aliphatic rings. The van der Waals surface area contributed by atoms with E-state index in [4.69, 9.17) is 9.47 Å². The minimum atomic E-state index is 0.0404. The normalized spacial score (nSPS) is 10.3. The van der Waals surface area contributed by atoms with E-state index in [-0.39, 0.29) is 5.91 Å². The second kappa shape index (κ2) is 7.54. The molecule has 0 fully saturated rings. The lowest BCUT2D eigenvalue weighted by Crippen LogP contribution is -2.22. The van der Waals surface area contributed by atoms with Gasteiger partial charge in [0.05, 0.1) is 14.2 Å². The molecule has 2 aromatic rings. The van der Waals surface area contributed by atoms with E-state index in [1.54, 1.807) is 14.2 Å². The Kier molecular flexibility index (Phi) is 5.47. The van der Waals surface area contributed by atoms with Crippen molar-refractivity contribution in [3.63, 3.8) is 0 Å². The highest BCUT2D eigenvalue weighted by Gasteiger charge is 2.07. The van der Waals surface area contributed by atoms with E-state index in [2.05, 4.69) is 5.32 Å². The topological polar surface area (TPSA) is 52.5 Å². The fraction of sp³-hybridized carbons (Fsp3) is 0.353. The highest BCUT2D eigenvalue weighted by Crippen LogP contribution is 2.27. The molecule has 0 aliphatic carbocycles. The van der Waals surface area contributed by atoms with Crippen LogP contribution in [0.2, 0.25) is 0 Å². The van der Waals surface area contributed by atoms with Gasteiger partial charge in [0.1, 0.15) is 0 Å². The van der Waals surface area contributed by atoms with Crippen molar-refractivity contribution in [2.24, 2.45) is 7.05 Å². The van der Waals surface area contributed by atoms with Crippen LogP contribution >= 0.6 is 0 Å². The Morgan fingerprint density at radius 3 is 2.55 bits per heavy atom. The first-order valence-electron chi connectivity index (χ1n) is 7.21. The van der Waals surface area contributed by atoms with Crippen molar-refractivity contribution in [1.82, 2.24) is 9.88 Å². The lowest BCUT2D eigenvalue weighted by atomic mass is 10.1. The fourth-order valence-corrected chi connectivity index (χ4v) is 2.25. The zero-order valence-electron chi connectivity index (χ0n) is 13.3. The molecule has 0 bridgehead atoms. The average molecular weight is 302 g/mol. The van der Waals surface area contributed by atoms with Gasteiger partial charge in [-0.15, -0.1) is 0 Å². The monoisotopic (exact) mass is 302 g/mol. The van der Waals surface area contributed by atoms with Gasteiger partial charge in [0.2, 0.25) is 5.91 Å². The largest absolute Gasteiger partial charge is 0.493 e. The first-order valence-corrected chi connectivity index (χ1v) is 7.21. The quantitative estimate of drug-likeness (QED) is 0.854. The van der Waals surface area contributed by atoms with Gasteiger partial charge in [0.15, 0.2) is 11.5 Å². The number of aryl methyl sites for hydroxylation is 2. The molecule has 118 valence electrons. The maximum Gasteiger partial charge on any atom is 0.220 e. The number of ether oxygens (including phenoxy) is 2. The molecule has 2 rings (SSSR count). The zero-order chi connectivity index (χ0) is 15.9. The number of amides is 1. The third-order valence-electron chi connectivity index (χ3n) is 3.47. The molecule has 0 aliphatic heterocycles. The van der Waals surface area contributed by atoms with Gasteiger partial charge < -0.3 is 19.4 Å². The van der Waals surface area contributed by atoms with E-state index in [1.807, 2.05) is 48.3 Å². The Morgan fingerprint density at radius 2 is 1.91 bits per heavy atom. The van der Waals surface area contributed by atoms with Gasteiger partial charge in [0.25, 0.3) is 0 Å². The summed E-state index contributed by atoms with van der Waals surface area (Å²) in [6, 6.07) is 7.71. The molecule has 1 amide bonds. The molecule has 0 saturated heterocycles. The zero-order valence-corrected chi connectivity index (χ0v) is 13.3. The molecule has 5 heteroatoms. The molecule has 1 N–H and O–H groups in total. The van der Waals surface area contributed by atoms with Gasteiger partial charge in [-0.05, 0) is 35.7 Å². The molecule has 1 aromatic carbocycles. The van der Waals surface area contributed by atoms with Crippen LogP contribution < -0.4 is 14.8 Å². The van der Waals surface area contributed by atoms with E-state index >= 15 is 0 Å². The SMILES string of the molecule is COc1ccc(CCC(=O)NCc2ccn(C)c2)cc1OC. The van der Waals surface area contributed by atoms with Gasteiger partial charge in [-0.1, -0.05) is 6.07 Å². The summed E-state index contributed by atoms with van der Waals surface area (Å²) < 4.78 is 12.4. The first-order chi connectivity index (χ1) is 10.6. The summed E-state index contributed by atoms with van der Waals surface area (Å²) in [7, 11) is 5.17. The maximum absolute atomic E-state index is 11.9. The van der Waals surface area contributed by atoms with Crippen molar-refractivity contribution in [1.29, 1.82) is 0 Å². The lowest BCUT2D eigenvalue weighted by Gasteiger charge is -2.09. The van der Waals surface area contributed by atoms with Gasteiger partial charge in [0, 0.05) is 32.4 Å². The van der Waals surface area contributed by atoms with Crippen LogP contribution in [0.3, 0.4) is 0 Å². The standard InChI is InChI=1S/C17H22N2O3/c1-19-9-8-14(12-19)11-18-17(20)7-5-13-4-6-15(21-2)16(10-13)22-3/h4,6,8-10,12H,5,7,11H2,1-3H3,(H,18,20). The Hall–Kier alpha value is -2.43. The summed E-state index contributed by atoms with van der Waals surface area (Å²) in [6.07, 6.45) is 5.07. The minimum Gasteiger partial charge on any atom is -0.493 e. The Balaban J connectivity index is 1.83. The molecular weight excluding hydrogens is 280 g/mol. The summed E-state index contributed by atoms with van der Waals surface area (Å²) in [5.74, 6) is 1.42. The summed E-state index contributed by atoms with van der Waals surface area (Å²) >= 11 is 0. The van der Waals surface area contributed by atoms with Crippen LogP contribution in [0.1, 0.15) is 17.5 Å². The number of nitrogens with one attached hydrogen (secondary N) is 1. The van der Waals surface area contributed by atoms with Crippen molar-refractivity contribution < 1.29 is 14.3 Å². The second-order valence-corrected chi connectivity index (χ2v) is 5.15. The van der Waals surface area contributed by atoms with Gasteiger partial charge in [-0.2, -0.15) is 0 Å². The molecule has 0 atom stereocenters. The number of carbonyl (C=O) groups excluding carboxylic acids is 1. The van der Waals surface area contributed by atoms with E-state index in [0.29, 0.717) is 30.9 Å². The minimum absolute atomic E-state index is 0.0404. The van der Waals surface area contributed by atoms with Crippen LogP contribution in [0.25, 0.3) is 0 Å². The number of methoxy groups -OCH3 is 2. The molecule has 0 spiro atoms. The summed E-state index contributed by atoms with van der Waals surface area (Å²) in [5.41, 5.74) is 2.15. The first kappa shape index (κ1) is 15.9.